The highest BCUT2D eigenvalue weighted by molar-refractivity contribution is 5.82. The maximum Gasteiger partial charge on any atom is -0.0181 e. The van der Waals surface area contributed by atoms with Gasteiger partial charge in [-0.2, -0.15) is 0 Å². The number of aryl methyl sites for hydroxylation is 2. The Kier molecular flexibility index (Phi) is 4.68. The van der Waals surface area contributed by atoms with E-state index in [0.717, 1.165) is 0 Å². The Morgan fingerprint density at radius 1 is 0.476 bits per heavy atom. The van der Waals surface area contributed by atoms with Crippen LogP contribution >= 0.6 is 0 Å². The van der Waals surface area contributed by atoms with E-state index in [0.29, 0.717) is 0 Å². The van der Waals surface area contributed by atoms with E-state index in [-0.39, 0.29) is 0 Å². The third-order valence-corrected chi connectivity index (χ3v) is 4.09. The van der Waals surface area contributed by atoms with Crippen LogP contribution in [-0.2, 0) is 12.8 Å². The molecule has 0 aliphatic rings. The highest BCUT2D eigenvalue weighted by Gasteiger charge is 1.97. The molecule has 0 saturated carbocycles. The summed E-state index contributed by atoms with van der Waals surface area (Å²) in [5.74, 6) is 0. The van der Waals surface area contributed by atoms with Crippen molar-refractivity contribution in [3.05, 3.63) is 83.9 Å². The molecule has 106 valence electrons. The average Bonchev–Trinajstić information content (AvgIpc) is 2.55. The van der Waals surface area contributed by atoms with Gasteiger partial charge in [0.15, 0.2) is 0 Å². The van der Waals surface area contributed by atoms with Crippen molar-refractivity contribution >= 4 is 10.8 Å². The quantitative estimate of drug-likeness (QED) is 0.499. The lowest BCUT2D eigenvalue weighted by Gasteiger charge is -2.04. The molecule has 0 N–H and O–H groups in total. The summed E-state index contributed by atoms with van der Waals surface area (Å²) in [6, 6.07) is 26.3. The number of fused-ring (bicyclic) bond motifs is 1. The van der Waals surface area contributed by atoms with Gasteiger partial charge >= 0.3 is 0 Å². The van der Waals surface area contributed by atoms with Gasteiger partial charge < -0.3 is 0 Å². The highest BCUT2D eigenvalue weighted by Crippen LogP contribution is 2.17. The van der Waals surface area contributed by atoms with Crippen LogP contribution in [-0.4, -0.2) is 0 Å². The number of hydrogen-bond donors (Lipinski definition) is 0. The van der Waals surface area contributed by atoms with Gasteiger partial charge in [-0.15, -0.1) is 0 Å². The second-order valence-corrected chi connectivity index (χ2v) is 5.73. The van der Waals surface area contributed by atoms with Crippen LogP contribution in [0.1, 0.15) is 30.4 Å². The molecule has 3 aromatic rings. The van der Waals surface area contributed by atoms with Crippen LogP contribution in [0.5, 0.6) is 0 Å². The van der Waals surface area contributed by atoms with Crippen molar-refractivity contribution in [2.45, 2.75) is 32.1 Å². The summed E-state index contributed by atoms with van der Waals surface area (Å²) in [5, 5.41) is 2.70. The minimum atomic E-state index is 1.19. The summed E-state index contributed by atoms with van der Waals surface area (Å²) in [6.07, 6.45) is 6.28. The Morgan fingerprint density at radius 2 is 1.14 bits per heavy atom. The Morgan fingerprint density at radius 3 is 1.95 bits per heavy atom. The fourth-order valence-electron chi connectivity index (χ4n) is 2.87. The fourth-order valence-corrected chi connectivity index (χ4v) is 2.87. The Hall–Kier alpha value is -2.08. The van der Waals surface area contributed by atoms with E-state index < -0.39 is 0 Å². The number of hydrogen-bond acceptors (Lipinski definition) is 0. The highest BCUT2D eigenvalue weighted by atomic mass is 14.0. The molecule has 0 atom stereocenters. The first-order valence-corrected chi connectivity index (χ1v) is 7.93. The molecule has 0 amide bonds. The molecule has 0 fully saturated rings. The molecule has 0 heteroatoms. The Balaban J connectivity index is 1.46. The fraction of sp³-hybridized carbons (Fsp3) is 0.238. The number of benzene rings is 3. The molecular formula is C21H22. The van der Waals surface area contributed by atoms with Gasteiger partial charge in [0.2, 0.25) is 0 Å². The van der Waals surface area contributed by atoms with Crippen LogP contribution < -0.4 is 0 Å². The number of unbranched alkanes of at least 4 members (excludes halogenated alkanes) is 2. The van der Waals surface area contributed by atoms with Crippen LogP contribution in [0.4, 0.5) is 0 Å². The molecule has 0 heterocycles. The van der Waals surface area contributed by atoms with Gasteiger partial charge in [-0.05, 0) is 47.6 Å². The predicted octanol–water partition coefficient (Wildman–Crippen LogP) is 5.80. The second kappa shape index (κ2) is 7.08. The van der Waals surface area contributed by atoms with Gasteiger partial charge in [-0.3, -0.25) is 0 Å². The first kappa shape index (κ1) is 13.9. The number of rotatable bonds is 6. The van der Waals surface area contributed by atoms with E-state index in [4.69, 9.17) is 0 Å². The van der Waals surface area contributed by atoms with Crippen molar-refractivity contribution in [1.82, 2.24) is 0 Å². The molecule has 3 rings (SSSR count). The van der Waals surface area contributed by atoms with Gasteiger partial charge in [0.25, 0.3) is 0 Å². The molecular weight excluding hydrogens is 252 g/mol. The van der Waals surface area contributed by atoms with Crippen LogP contribution in [0.15, 0.2) is 72.8 Å². The van der Waals surface area contributed by atoms with Gasteiger partial charge in [-0.25, -0.2) is 0 Å². The van der Waals surface area contributed by atoms with Crippen molar-refractivity contribution in [3.8, 4) is 0 Å². The van der Waals surface area contributed by atoms with Crippen LogP contribution in [0.2, 0.25) is 0 Å². The summed E-state index contributed by atoms with van der Waals surface area (Å²) in [5.41, 5.74) is 2.93. The second-order valence-electron chi connectivity index (χ2n) is 5.73. The Bertz CT molecular complexity index is 682. The Labute approximate surface area is 127 Å². The maximum absolute atomic E-state index is 2.34. The summed E-state index contributed by atoms with van der Waals surface area (Å²) < 4.78 is 0. The van der Waals surface area contributed by atoms with Gasteiger partial charge in [-0.1, -0.05) is 79.2 Å². The van der Waals surface area contributed by atoms with E-state index in [1.807, 2.05) is 0 Å². The lowest BCUT2D eigenvalue weighted by atomic mass is 10.0. The summed E-state index contributed by atoms with van der Waals surface area (Å²) >= 11 is 0. The van der Waals surface area contributed by atoms with Crippen LogP contribution in [0.25, 0.3) is 10.8 Å². The molecule has 0 spiro atoms. The third kappa shape index (κ3) is 3.95. The van der Waals surface area contributed by atoms with E-state index in [1.165, 1.54) is 54.0 Å². The third-order valence-electron chi connectivity index (χ3n) is 4.09. The van der Waals surface area contributed by atoms with Crippen molar-refractivity contribution in [1.29, 1.82) is 0 Å². The largest absolute Gasteiger partial charge is 0.0622 e. The normalized spacial score (nSPS) is 10.9. The molecule has 0 unspecified atom stereocenters. The first-order valence-electron chi connectivity index (χ1n) is 7.93. The SMILES string of the molecule is c1ccc(CCCCCc2ccc3ccccc3c2)cc1. The van der Waals surface area contributed by atoms with Gasteiger partial charge in [0, 0.05) is 0 Å². The lowest BCUT2D eigenvalue weighted by Crippen LogP contribution is -1.89. The van der Waals surface area contributed by atoms with E-state index in [9.17, 15) is 0 Å². The van der Waals surface area contributed by atoms with Crippen molar-refractivity contribution in [2.24, 2.45) is 0 Å². The monoisotopic (exact) mass is 274 g/mol. The van der Waals surface area contributed by atoms with E-state index >= 15 is 0 Å². The molecule has 0 nitrogen and oxygen atoms in total. The van der Waals surface area contributed by atoms with E-state index in [1.54, 1.807) is 0 Å². The lowest BCUT2D eigenvalue weighted by molar-refractivity contribution is 0.679. The predicted molar refractivity (Wildman–Crippen MR) is 91.6 cm³/mol. The molecule has 0 aliphatic heterocycles. The van der Waals surface area contributed by atoms with Gasteiger partial charge in [0.1, 0.15) is 0 Å². The first-order chi connectivity index (χ1) is 10.4. The van der Waals surface area contributed by atoms with E-state index in [2.05, 4.69) is 72.8 Å². The smallest absolute Gasteiger partial charge is 0.0181 e. The molecule has 0 bridgehead atoms. The average molecular weight is 274 g/mol. The topological polar surface area (TPSA) is 0 Å². The molecule has 3 aromatic carbocycles. The molecule has 0 saturated heterocycles. The van der Waals surface area contributed by atoms with Crippen LogP contribution in [0.3, 0.4) is 0 Å². The van der Waals surface area contributed by atoms with Crippen molar-refractivity contribution in [3.63, 3.8) is 0 Å². The molecule has 0 aliphatic carbocycles. The van der Waals surface area contributed by atoms with Crippen molar-refractivity contribution in [2.75, 3.05) is 0 Å². The van der Waals surface area contributed by atoms with Crippen LogP contribution in [0, 0.1) is 0 Å². The van der Waals surface area contributed by atoms with Crippen molar-refractivity contribution < 1.29 is 0 Å². The molecule has 21 heavy (non-hydrogen) atoms. The standard InChI is InChI=1S/C21H22/c1-3-9-18(10-4-1)11-5-2-6-12-19-15-16-20-13-7-8-14-21(20)17-19/h1,3-4,7-10,13-17H,2,5-6,11-12H2. The minimum Gasteiger partial charge on any atom is -0.0622 e. The zero-order chi connectivity index (χ0) is 14.3. The molecule has 0 aromatic heterocycles. The summed E-state index contributed by atoms with van der Waals surface area (Å²) in [7, 11) is 0. The van der Waals surface area contributed by atoms with Gasteiger partial charge in [0.05, 0.1) is 0 Å². The molecule has 0 radical (unpaired) electrons. The summed E-state index contributed by atoms with van der Waals surface area (Å²) in [6.45, 7) is 0. The minimum absolute atomic E-state index is 1.19. The maximum atomic E-state index is 2.34. The zero-order valence-electron chi connectivity index (χ0n) is 12.5. The zero-order valence-corrected chi connectivity index (χ0v) is 12.5. The summed E-state index contributed by atoms with van der Waals surface area (Å²) in [4.78, 5) is 0.